The minimum Gasteiger partial charge on any atom is -0.292 e. The van der Waals surface area contributed by atoms with E-state index in [0.29, 0.717) is 18.0 Å². The Morgan fingerprint density at radius 1 is 1.50 bits per heavy atom. The Bertz CT molecular complexity index is 371. The van der Waals surface area contributed by atoms with Crippen LogP contribution in [0.4, 0.5) is 0 Å². The Labute approximate surface area is 105 Å². The van der Waals surface area contributed by atoms with Crippen molar-refractivity contribution in [2.24, 2.45) is 5.92 Å². The maximum Gasteiger partial charge on any atom is 0.182 e. The third-order valence-electron chi connectivity index (χ3n) is 2.73. The van der Waals surface area contributed by atoms with E-state index in [-0.39, 0.29) is 11.8 Å². The normalized spacial score (nSPS) is 13.1. The van der Waals surface area contributed by atoms with E-state index in [1.165, 1.54) is 0 Å². The molecule has 0 aromatic carbocycles. The fraction of sp³-hybridized carbons (Fsp3) is 0.667. The summed E-state index contributed by atoms with van der Waals surface area (Å²) in [6.45, 7) is 8.26. The van der Waals surface area contributed by atoms with Crippen LogP contribution in [0.25, 0.3) is 0 Å². The molecule has 4 heteroatoms. The summed E-state index contributed by atoms with van der Waals surface area (Å²) < 4.78 is 2.59. The largest absolute Gasteiger partial charge is 0.292 e. The van der Waals surface area contributed by atoms with Gasteiger partial charge in [0.15, 0.2) is 5.78 Å². The molecule has 1 aromatic rings. The molecule has 0 amide bonds. The third kappa shape index (κ3) is 2.94. The number of carbonyl (C=O) groups excluding carboxylic acids is 1. The SMILES string of the molecule is CCC(C)CC(=O)c1c(Br)cnn1C(C)C. The van der Waals surface area contributed by atoms with Crippen molar-refractivity contribution in [1.29, 1.82) is 0 Å². The van der Waals surface area contributed by atoms with Crippen LogP contribution in [0.3, 0.4) is 0 Å². The van der Waals surface area contributed by atoms with Crippen LogP contribution >= 0.6 is 15.9 Å². The molecule has 3 nitrogen and oxygen atoms in total. The smallest absolute Gasteiger partial charge is 0.182 e. The first-order chi connectivity index (χ1) is 7.47. The summed E-state index contributed by atoms with van der Waals surface area (Å²) in [6.07, 6.45) is 3.32. The molecule has 1 atom stereocenters. The summed E-state index contributed by atoms with van der Waals surface area (Å²) in [7, 11) is 0. The van der Waals surface area contributed by atoms with Crippen LogP contribution in [0, 0.1) is 5.92 Å². The summed E-state index contributed by atoms with van der Waals surface area (Å²) in [5.74, 6) is 0.599. The molecule has 90 valence electrons. The van der Waals surface area contributed by atoms with Crippen LogP contribution in [-0.2, 0) is 0 Å². The first-order valence-electron chi connectivity index (χ1n) is 5.73. The molecule has 0 spiro atoms. The van der Waals surface area contributed by atoms with Gasteiger partial charge in [0.05, 0.1) is 10.7 Å². The lowest BCUT2D eigenvalue weighted by molar-refractivity contribution is 0.0950. The van der Waals surface area contributed by atoms with E-state index in [1.54, 1.807) is 10.9 Å². The van der Waals surface area contributed by atoms with Crippen molar-refractivity contribution in [2.75, 3.05) is 0 Å². The molecule has 1 heterocycles. The highest BCUT2D eigenvalue weighted by molar-refractivity contribution is 9.10. The molecular formula is C12H19BrN2O. The zero-order chi connectivity index (χ0) is 12.3. The van der Waals surface area contributed by atoms with Crippen molar-refractivity contribution in [1.82, 2.24) is 9.78 Å². The van der Waals surface area contributed by atoms with Gasteiger partial charge in [-0.05, 0) is 35.7 Å². The number of carbonyl (C=O) groups is 1. The van der Waals surface area contributed by atoms with Crippen molar-refractivity contribution in [3.63, 3.8) is 0 Å². The van der Waals surface area contributed by atoms with Gasteiger partial charge in [0.1, 0.15) is 5.69 Å². The van der Waals surface area contributed by atoms with Crippen molar-refractivity contribution in [2.45, 2.75) is 46.6 Å². The van der Waals surface area contributed by atoms with Gasteiger partial charge in [-0.15, -0.1) is 0 Å². The lowest BCUT2D eigenvalue weighted by atomic mass is 10.0. The van der Waals surface area contributed by atoms with Crippen LogP contribution in [0.15, 0.2) is 10.7 Å². The number of hydrogen-bond donors (Lipinski definition) is 0. The molecule has 0 saturated carbocycles. The molecule has 0 fully saturated rings. The molecule has 0 saturated heterocycles. The highest BCUT2D eigenvalue weighted by atomic mass is 79.9. The maximum absolute atomic E-state index is 12.1. The standard InChI is InChI=1S/C12H19BrN2O/c1-5-9(4)6-11(16)12-10(13)7-14-15(12)8(2)3/h7-9H,5-6H2,1-4H3. The number of ketones is 1. The van der Waals surface area contributed by atoms with Gasteiger partial charge in [-0.1, -0.05) is 20.3 Å². The fourth-order valence-corrected chi connectivity index (χ4v) is 2.05. The van der Waals surface area contributed by atoms with Crippen LogP contribution < -0.4 is 0 Å². The van der Waals surface area contributed by atoms with Crippen molar-refractivity contribution in [3.8, 4) is 0 Å². The molecule has 0 aliphatic rings. The first kappa shape index (κ1) is 13.4. The van der Waals surface area contributed by atoms with Gasteiger partial charge in [0.25, 0.3) is 0 Å². The molecule has 1 rings (SSSR count). The average molecular weight is 287 g/mol. The quantitative estimate of drug-likeness (QED) is 0.771. The van der Waals surface area contributed by atoms with Crippen LogP contribution in [0.5, 0.6) is 0 Å². The van der Waals surface area contributed by atoms with Gasteiger partial charge in [-0.25, -0.2) is 0 Å². The fourth-order valence-electron chi connectivity index (χ4n) is 1.55. The van der Waals surface area contributed by atoms with Gasteiger partial charge in [0, 0.05) is 12.5 Å². The van der Waals surface area contributed by atoms with Crippen LogP contribution in [0.2, 0.25) is 0 Å². The van der Waals surface area contributed by atoms with Crippen LogP contribution in [-0.4, -0.2) is 15.6 Å². The second-order valence-electron chi connectivity index (χ2n) is 4.52. The molecule has 1 unspecified atom stereocenters. The average Bonchev–Trinajstić information content (AvgIpc) is 2.59. The number of halogens is 1. The number of hydrogen-bond acceptors (Lipinski definition) is 2. The molecular weight excluding hydrogens is 268 g/mol. The van der Waals surface area contributed by atoms with E-state index in [2.05, 4.69) is 34.9 Å². The highest BCUT2D eigenvalue weighted by Gasteiger charge is 2.19. The highest BCUT2D eigenvalue weighted by Crippen LogP contribution is 2.23. The molecule has 0 radical (unpaired) electrons. The van der Waals surface area contributed by atoms with E-state index in [9.17, 15) is 4.79 Å². The second kappa shape index (κ2) is 5.62. The number of aromatic nitrogens is 2. The number of Topliss-reactive ketones (excluding diaryl/α,β-unsaturated/α-hetero) is 1. The Morgan fingerprint density at radius 3 is 2.62 bits per heavy atom. The Morgan fingerprint density at radius 2 is 2.12 bits per heavy atom. The number of nitrogens with zero attached hydrogens (tertiary/aromatic N) is 2. The number of rotatable bonds is 5. The lowest BCUT2D eigenvalue weighted by Gasteiger charge is -2.12. The van der Waals surface area contributed by atoms with Crippen molar-refractivity contribution < 1.29 is 4.79 Å². The predicted octanol–water partition coefficient (Wildman–Crippen LogP) is 3.85. The Hall–Kier alpha value is -0.640. The minimum absolute atomic E-state index is 0.174. The molecule has 16 heavy (non-hydrogen) atoms. The van der Waals surface area contributed by atoms with Crippen molar-refractivity contribution >= 4 is 21.7 Å². The molecule has 0 bridgehead atoms. The van der Waals surface area contributed by atoms with E-state index in [4.69, 9.17) is 0 Å². The third-order valence-corrected chi connectivity index (χ3v) is 3.32. The van der Waals surface area contributed by atoms with Gasteiger partial charge in [0.2, 0.25) is 0 Å². The summed E-state index contributed by atoms with van der Waals surface area (Å²) in [5, 5.41) is 4.22. The van der Waals surface area contributed by atoms with Gasteiger partial charge >= 0.3 is 0 Å². The monoisotopic (exact) mass is 286 g/mol. The summed E-state index contributed by atoms with van der Waals surface area (Å²) in [4.78, 5) is 12.1. The predicted molar refractivity (Wildman–Crippen MR) is 68.7 cm³/mol. The van der Waals surface area contributed by atoms with Gasteiger partial charge in [-0.2, -0.15) is 5.10 Å². The van der Waals surface area contributed by atoms with E-state index >= 15 is 0 Å². The summed E-state index contributed by atoms with van der Waals surface area (Å²) in [5.41, 5.74) is 0.704. The minimum atomic E-state index is 0.174. The molecule has 0 N–H and O–H groups in total. The van der Waals surface area contributed by atoms with Crippen LogP contribution in [0.1, 0.15) is 57.1 Å². The Kier molecular flexibility index (Phi) is 4.71. The molecule has 0 aliphatic heterocycles. The second-order valence-corrected chi connectivity index (χ2v) is 5.37. The summed E-state index contributed by atoms with van der Waals surface area (Å²) in [6, 6.07) is 0.210. The summed E-state index contributed by atoms with van der Waals surface area (Å²) >= 11 is 3.39. The van der Waals surface area contributed by atoms with E-state index in [1.807, 2.05) is 13.8 Å². The zero-order valence-corrected chi connectivity index (χ0v) is 11.9. The topological polar surface area (TPSA) is 34.9 Å². The lowest BCUT2D eigenvalue weighted by Crippen LogP contribution is -2.15. The van der Waals surface area contributed by atoms with E-state index < -0.39 is 0 Å². The van der Waals surface area contributed by atoms with E-state index in [0.717, 1.165) is 10.9 Å². The van der Waals surface area contributed by atoms with Gasteiger partial charge in [-0.3, -0.25) is 9.48 Å². The molecule has 1 aromatic heterocycles. The molecule has 0 aliphatic carbocycles. The zero-order valence-electron chi connectivity index (χ0n) is 10.3. The van der Waals surface area contributed by atoms with Crippen molar-refractivity contribution in [3.05, 3.63) is 16.4 Å². The first-order valence-corrected chi connectivity index (χ1v) is 6.52. The van der Waals surface area contributed by atoms with Gasteiger partial charge < -0.3 is 0 Å². The Balaban J connectivity index is 2.94. The maximum atomic E-state index is 12.1.